The van der Waals surface area contributed by atoms with Gasteiger partial charge in [0.15, 0.2) is 0 Å². The third kappa shape index (κ3) is 3.82. The van der Waals surface area contributed by atoms with Crippen LogP contribution in [0.5, 0.6) is 0 Å². The Hall–Kier alpha value is -1.41. The van der Waals surface area contributed by atoms with Gasteiger partial charge in [-0.3, -0.25) is 4.79 Å². The van der Waals surface area contributed by atoms with E-state index in [1.54, 1.807) is 10.4 Å². The Morgan fingerprint density at radius 1 is 1.65 bits per heavy atom. The molecule has 0 saturated heterocycles. The highest BCUT2D eigenvalue weighted by Gasteiger charge is 2.19. The van der Waals surface area contributed by atoms with E-state index in [1.807, 2.05) is 6.92 Å². The number of rotatable bonds is 5. The molecule has 0 aromatic carbocycles. The van der Waals surface area contributed by atoms with E-state index < -0.39 is 0 Å². The fraction of sp³-hybridized carbons (Fsp3) is 0.583. The quantitative estimate of drug-likeness (QED) is 0.807. The Morgan fingerprint density at radius 3 is 2.82 bits per heavy atom. The summed E-state index contributed by atoms with van der Waals surface area (Å²) in [6, 6.07) is 2.08. The van der Waals surface area contributed by atoms with Crippen molar-refractivity contribution in [3.8, 4) is 6.07 Å². The molecule has 5 heteroatoms. The highest BCUT2D eigenvalue weighted by atomic mass is 32.1. The first-order valence-corrected chi connectivity index (χ1v) is 6.50. The molecule has 0 radical (unpaired) electrons. The van der Waals surface area contributed by atoms with E-state index in [4.69, 9.17) is 5.26 Å². The van der Waals surface area contributed by atoms with Crippen LogP contribution in [-0.4, -0.2) is 28.9 Å². The zero-order valence-electron chi connectivity index (χ0n) is 10.4. The van der Waals surface area contributed by atoms with E-state index in [0.29, 0.717) is 30.3 Å². The van der Waals surface area contributed by atoms with Gasteiger partial charge in [0.2, 0.25) is 0 Å². The number of nitriles is 1. The van der Waals surface area contributed by atoms with Crippen molar-refractivity contribution >= 4 is 17.2 Å². The standard InChI is InChI=1S/C12H17N3OS/c1-9(2)7-15(6-4-5-13)12(16)11-10(3)14-8-17-11/h8-9H,4,6-7H2,1-3H3. The molecule has 4 nitrogen and oxygen atoms in total. The van der Waals surface area contributed by atoms with Gasteiger partial charge >= 0.3 is 0 Å². The number of carbonyl (C=O) groups excluding carboxylic acids is 1. The molecule has 1 rings (SSSR count). The fourth-order valence-corrected chi connectivity index (χ4v) is 2.32. The molecular weight excluding hydrogens is 234 g/mol. The zero-order valence-corrected chi connectivity index (χ0v) is 11.3. The second-order valence-electron chi connectivity index (χ2n) is 4.32. The average Bonchev–Trinajstić information content (AvgIpc) is 2.69. The maximum atomic E-state index is 12.3. The van der Waals surface area contributed by atoms with E-state index in [-0.39, 0.29) is 5.91 Å². The monoisotopic (exact) mass is 251 g/mol. The van der Waals surface area contributed by atoms with Crippen molar-refractivity contribution in [1.82, 2.24) is 9.88 Å². The number of carbonyl (C=O) groups is 1. The van der Waals surface area contributed by atoms with Crippen LogP contribution < -0.4 is 0 Å². The van der Waals surface area contributed by atoms with Crippen molar-refractivity contribution in [2.75, 3.05) is 13.1 Å². The zero-order chi connectivity index (χ0) is 12.8. The maximum Gasteiger partial charge on any atom is 0.265 e. The number of nitrogens with zero attached hydrogens (tertiary/aromatic N) is 3. The summed E-state index contributed by atoms with van der Waals surface area (Å²) >= 11 is 1.36. The molecule has 0 unspecified atom stereocenters. The summed E-state index contributed by atoms with van der Waals surface area (Å²) in [4.78, 5) is 18.8. The summed E-state index contributed by atoms with van der Waals surface area (Å²) in [5, 5.41) is 8.62. The number of aryl methyl sites for hydroxylation is 1. The summed E-state index contributed by atoms with van der Waals surface area (Å²) in [5.41, 5.74) is 2.45. The van der Waals surface area contributed by atoms with Crippen LogP contribution in [0.25, 0.3) is 0 Å². The van der Waals surface area contributed by atoms with Crippen molar-refractivity contribution in [1.29, 1.82) is 5.26 Å². The highest BCUT2D eigenvalue weighted by molar-refractivity contribution is 7.11. The Morgan fingerprint density at radius 2 is 2.35 bits per heavy atom. The third-order valence-electron chi connectivity index (χ3n) is 2.31. The lowest BCUT2D eigenvalue weighted by atomic mass is 10.2. The molecule has 0 fully saturated rings. The predicted molar refractivity (Wildman–Crippen MR) is 67.8 cm³/mol. The van der Waals surface area contributed by atoms with Gasteiger partial charge in [0.05, 0.1) is 23.7 Å². The molecule has 0 atom stereocenters. The second kappa shape index (κ2) is 6.36. The molecule has 0 bridgehead atoms. The van der Waals surface area contributed by atoms with Crippen molar-refractivity contribution in [2.24, 2.45) is 5.92 Å². The van der Waals surface area contributed by atoms with E-state index in [9.17, 15) is 4.79 Å². The van der Waals surface area contributed by atoms with E-state index in [1.165, 1.54) is 11.3 Å². The number of thiazole rings is 1. The molecule has 1 heterocycles. The van der Waals surface area contributed by atoms with Gasteiger partial charge in [-0.05, 0) is 12.8 Å². The topological polar surface area (TPSA) is 57.0 Å². The molecule has 1 amide bonds. The predicted octanol–water partition coefficient (Wildman–Crippen LogP) is 2.46. The summed E-state index contributed by atoms with van der Waals surface area (Å²) in [7, 11) is 0. The highest BCUT2D eigenvalue weighted by Crippen LogP contribution is 2.16. The molecular formula is C12H17N3OS. The van der Waals surface area contributed by atoms with E-state index in [2.05, 4.69) is 24.9 Å². The van der Waals surface area contributed by atoms with Crippen LogP contribution in [0.3, 0.4) is 0 Å². The smallest absolute Gasteiger partial charge is 0.265 e. The largest absolute Gasteiger partial charge is 0.337 e. The molecule has 0 N–H and O–H groups in total. The van der Waals surface area contributed by atoms with Crippen molar-refractivity contribution < 1.29 is 4.79 Å². The maximum absolute atomic E-state index is 12.3. The van der Waals surface area contributed by atoms with Gasteiger partial charge in [-0.25, -0.2) is 4.98 Å². The molecule has 1 aromatic rings. The minimum absolute atomic E-state index is 0.00560. The van der Waals surface area contributed by atoms with Crippen LogP contribution in [0.2, 0.25) is 0 Å². The summed E-state index contributed by atoms with van der Waals surface area (Å²) in [6.45, 7) is 7.13. The fourth-order valence-electron chi connectivity index (χ4n) is 1.55. The van der Waals surface area contributed by atoms with Gasteiger partial charge in [-0.2, -0.15) is 5.26 Å². The number of hydrogen-bond acceptors (Lipinski definition) is 4. The number of aromatic nitrogens is 1. The first kappa shape index (κ1) is 13.7. The molecule has 0 aliphatic rings. The lowest BCUT2D eigenvalue weighted by Gasteiger charge is -2.23. The third-order valence-corrected chi connectivity index (χ3v) is 3.22. The first-order chi connectivity index (χ1) is 8.06. The van der Waals surface area contributed by atoms with Gasteiger partial charge in [0.25, 0.3) is 5.91 Å². The van der Waals surface area contributed by atoms with Crippen LogP contribution in [0.1, 0.15) is 35.6 Å². The van der Waals surface area contributed by atoms with E-state index >= 15 is 0 Å². The lowest BCUT2D eigenvalue weighted by molar-refractivity contribution is 0.0744. The van der Waals surface area contributed by atoms with Gasteiger partial charge in [-0.1, -0.05) is 13.8 Å². The second-order valence-corrected chi connectivity index (χ2v) is 5.17. The van der Waals surface area contributed by atoms with Crippen molar-refractivity contribution in [2.45, 2.75) is 27.2 Å². The van der Waals surface area contributed by atoms with Gasteiger partial charge in [0.1, 0.15) is 4.88 Å². The summed E-state index contributed by atoms with van der Waals surface area (Å²) in [6.07, 6.45) is 0.371. The van der Waals surface area contributed by atoms with Gasteiger partial charge in [0, 0.05) is 13.1 Å². The number of hydrogen-bond donors (Lipinski definition) is 0. The van der Waals surface area contributed by atoms with Crippen LogP contribution >= 0.6 is 11.3 Å². The Bertz CT molecular complexity index is 420. The minimum atomic E-state index is -0.00560. The molecule has 0 saturated carbocycles. The first-order valence-electron chi connectivity index (χ1n) is 5.62. The minimum Gasteiger partial charge on any atom is -0.337 e. The molecule has 17 heavy (non-hydrogen) atoms. The van der Waals surface area contributed by atoms with E-state index in [0.717, 1.165) is 5.69 Å². The Kier molecular flexibility index (Phi) is 5.11. The molecule has 1 aromatic heterocycles. The summed E-state index contributed by atoms with van der Waals surface area (Å²) < 4.78 is 0. The molecule has 0 spiro atoms. The summed E-state index contributed by atoms with van der Waals surface area (Å²) in [5.74, 6) is 0.389. The molecule has 0 aliphatic carbocycles. The molecule has 92 valence electrons. The van der Waals surface area contributed by atoms with Crippen LogP contribution in [0.15, 0.2) is 5.51 Å². The average molecular weight is 251 g/mol. The number of amides is 1. The van der Waals surface area contributed by atoms with Crippen molar-refractivity contribution in [3.63, 3.8) is 0 Å². The van der Waals surface area contributed by atoms with Gasteiger partial charge < -0.3 is 4.90 Å². The van der Waals surface area contributed by atoms with Crippen LogP contribution in [-0.2, 0) is 0 Å². The van der Waals surface area contributed by atoms with Crippen molar-refractivity contribution in [3.05, 3.63) is 16.1 Å². The normalized spacial score (nSPS) is 10.3. The molecule has 0 aliphatic heterocycles. The van der Waals surface area contributed by atoms with Crippen LogP contribution in [0.4, 0.5) is 0 Å². The van der Waals surface area contributed by atoms with Crippen LogP contribution in [0, 0.1) is 24.2 Å². The van der Waals surface area contributed by atoms with Gasteiger partial charge in [-0.15, -0.1) is 11.3 Å². The lowest BCUT2D eigenvalue weighted by Crippen LogP contribution is -2.34. The Balaban J connectivity index is 2.79. The SMILES string of the molecule is Cc1ncsc1C(=O)N(CCC#N)CC(C)C. The Labute approximate surface area is 106 Å².